The van der Waals surface area contributed by atoms with Crippen LogP contribution >= 0.6 is 0 Å². The molecule has 7 heteroatoms. The lowest BCUT2D eigenvalue weighted by Gasteiger charge is -2.04. The molecule has 74 valence electrons. The maximum atomic E-state index is 11.3. The zero-order chi connectivity index (χ0) is 10.3. The van der Waals surface area contributed by atoms with E-state index < -0.39 is 0 Å². The van der Waals surface area contributed by atoms with Gasteiger partial charge in [0, 0.05) is 6.20 Å². The first-order valence-electron chi connectivity index (χ1n) is 3.85. The van der Waals surface area contributed by atoms with Gasteiger partial charge in [0.05, 0.1) is 0 Å². The number of rotatable bonds is 1. The Hall–Kier alpha value is -1.86. The summed E-state index contributed by atoms with van der Waals surface area (Å²) in [6.07, 6.45) is 1.28. The summed E-state index contributed by atoms with van der Waals surface area (Å²) in [5, 5.41) is 17.5. The Morgan fingerprint density at radius 2 is 2.21 bits per heavy atom. The predicted molar refractivity (Wildman–Crippen MR) is 47.5 cm³/mol. The number of fused-ring (bicyclic) bond motifs is 1. The fourth-order valence-corrected chi connectivity index (χ4v) is 1.27. The zero-order valence-electron chi connectivity index (χ0n) is 7.27. The molecule has 0 spiro atoms. The summed E-state index contributed by atoms with van der Waals surface area (Å²) < 4.78 is 0. The Morgan fingerprint density at radius 3 is 2.86 bits per heavy atom. The maximum absolute atomic E-state index is 11.3. The molecule has 0 bridgehead atoms. The second-order valence-electron chi connectivity index (χ2n) is 2.84. The number of aromatic amines is 2. The fourth-order valence-electron chi connectivity index (χ4n) is 1.27. The molecule has 0 aliphatic heterocycles. The normalized spacial score (nSPS) is 10.8. The molecule has 0 aliphatic rings. The molecule has 0 atom stereocenters. The van der Waals surface area contributed by atoms with E-state index in [1.807, 2.05) is 0 Å². The minimum Gasteiger partial charge on any atom is -0.353 e. The monoisotopic (exact) mass is 196 g/mol. The van der Waals surface area contributed by atoms with Crippen LogP contribution in [0.25, 0.3) is 11.0 Å². The summed E-state index contributed by atoms with van der Waals surface area (Å²) >= 11 is 0. The number of aryl methyl sites for hydroxylation is 1. The summed E-state index contributed by atoms with van der Waals surface area (Å²) in [7, 11) is 0. The molecule has 0 saturated carbocycles. The Balaban J connectivity index is 2.85. The highest BCUT2D eigenvalue weighted by atomic mass is 16.8. The van der Waals surface area contributed by atoms with E-state index in [9.17, 15) is 4.79 Å². The van der Waals surface area contributed by atoms with Crippen molar-refractivity contribution in [3.63, 3.8) is 0 Å². The quantitative estimate of drug-likeness (QED) is 0.485. The lowest BCUT2D eigenvalue weighted by atomic mass is 10.4. The van der Waals surface area contributed by atoms with Gasteiger partial charge in [0.15, 0.2) is 0 Å². The summed E-state index contributed by atoms with van der Waals surface area (Å²) in [6, 6.07) is 0. The Labute approximate surface area is 77.5 Å². The summed E-state index contributed by atoms with van der Waals surface area (Å²) in [6.45, 7) is 1.61. The van der Waals surface area contributed by atoms with Gasteiger partial charge in [-0.3, -0.25) is 15.2 Å². The number of anilines is 1. The minimum absolute atomic E-state index is 0.0363. The SMILES string of the molecule is Cc1nc2c(N(O)O)c[nH]c2c(=O)[nH]1. The van der Waals surface area contributed by atoms with Crippen molar-refractivity contribution in [2.45, 2.75) is 6.92 Å². The molecule has 14 heavy (non-hydrogen) atoms. The highest BCUT2D eigenvalue weighted by Crippen LogP contribution is 2.19. The molecule has 2 aromatic heterocycles. The number of hydrogen-bond donors (Lipinski definition) is 4. The van der Waals surface area contributed by atoms with Gasteiger partial charge in [-0.2, -0.15) is 0 Å². The molecule has 0 aliphatic carbocycles. The lowest BCUT2D eigenvalue weighted by Crippen LogP contribution is -2.13. The average Bonchev–Trinajstić information content (AvgIpc) is 2.47. The number of hydrogen-bond acceptors (Lipinski definition) is 5. The van der Waals surface area contributed by atoms with Crippen LogP contribution in [0.4, 0.5) is 5.69 Å². The van der Waals surface area contributed by atoms with Gasteiger partial charge in [0.25, 0.3) is 5.56 Å². The molecule has 7 nitrogen and oxygen atoms in total. The molecule has 0 radical (unpaired) electrons. The standard InChI is InChI=1S/C7H8N4O3/c1-3-9-5-4(11(13)14)2-8-6(5)7(12)10-3/h2,8,13-14H,1H3,(H,9,10,12). The van der Waals surface area contributed by atoms with Crippen molar-refractivity contribution >= 4 is 16.7 Å². The van der Waals surface area contributed by atoms with Crippen LogP contribution in [0.5, 0.6) is 0 Å². The summed E-state index contributed by atoms with van der Waals surface area (Å²) in [5.41, 5.74) is 0.116. The van der Waals surface area contributed by atoms with Crippen molar-refractivity contribution in [3.8, 4) is 0 Å². The van der Waals surface area contributed by atoms with Crippen molar-refractivity contribution in [1.29, 1.82) is 0 Å². The number of nitrogens with zero attached hydrogens (tertiary/aromatic N) is 2. The van der Waals surface area contributed by atoms with Crippen LogP contribution in [-0.4, -0.2) is 25.4 Å². The summed E-state index contributed by atoms with van der Waals surface area (Å²) in [5.74, 6) is 0.408. The molecule has 0 fully saturated rings. The topological polar surface area (TPSA) is 105 Å². The van der Waals surface area contributed by atoms with E-state index in [2.05, 4.69) is 15.0 Å². The first-order chi connectivity index (χ1) is 6.59. The lowest BCUT2D eigenvalue weighted by molar-refractivity contribution is 0.0299. The van der Waals surface area contributed by atoms with Gasteiger partial charge >= 0.3 is 0 Å². The van der Waals surface area contributed by atoms with Crippen LogP contribution < -0.4 is 10.8 Å². The van der Waals surface area contributed by atoms with Gasteiger partial charge in [-0.05, 0) is 6.92 Å². The van der Waals surface area contributed by atoms with Crippen LogP contribution in [-0.2, 0) is 0 Å². The molecular formula is C7H8N4O3. The van der Waals surface area contributed by atoms with Crippen molar-refractivity contribution in [2.75, 3.05) is 5.23 Å². The molecular weight excluding hydrogens is 188 g/mol. The minimum atomic E-state index is -0.347. The largest absolute Gasteiger partial charge is 0.353 e. The third-order valence-corrected chi connectivity index (χ3v) is 1.85. The van der Waals surface area contributed by atoms with Gasteiger partial charge < -0.3 is 9.97 Å². The van der Waals surface area contributed by atoms with Crippen molar-refractivity contribution in [1.82, 2.24) is 15.0 Å². The maximum Gasteiger partial charge on any atom is 0.275 e. The van der Waals surface area contributed by atoms with Gasteiger partial charge in [0.2, 0.25) is 0 Å². The molecule has 0 amide bonds. The van der Waals surface area contributed by atoms with Crippen LogP contribution in [0, 0.1) is 6.92 Å². The van der Waals surface area contributed by atoms with E-state index in [4.69, 9.17) is 10.4 Å². The van der Waals surface area contributed by atoms with Gasteiger partial charge in [-0.1, -0.05) is 0 Å². The van der Waals surface area contributed by atoms with Crippen LogP contribution in [0.3, 0.4) is 0 Å². The molecule has 0 saturated heterocycles. The molecule has 2 rings (SSSR count). The highest BCUT2D eigenvalue weighted by molar-refractivity contribution is 5.87. The third kappa shape index (κ3) is 1.15. The van der Waals surface area contributed by atoms with E-state index in [-0.39, 0.29) is 27.5 Å². The van der Waals surface area contributed by atoms with Gasteiger partial charge in [0.1, 0.15) is 22.5 Å². The van der Waals surface area contributed by atoms with Crippen LogP contribution in [0.2, 0.25) is 0 Å². The smallest absolute Gasteiger partial charge is 0.275 e. The second kappa shape index (κ2) is 2.82. The Bertz CT molecular complexity index is 527. The Morgan fingerprint density at radius 1 is 1.50 bits per heavy atom. The van der Waals surface area contributed by atoms with Crippen molar-refractivity contribution < 1.29 is 10.4 Å². The molecule has 0 unspecified atom stereocenters. The molecule has 0 aromatic carbocycles. The zero-order valence-corrected chi connectivity index (χ0v) is 7.27. The van der Waals surface area contributed by atoms with E-state index in [1.165, 1.54) is 6.20 Å². The fraction of sp³-hybridized carbons (Fsp3) is 0.143. The van der Waals surface area contributed by atoms with Crippen LogP contribution in [0.1, 0.15) is 5.82 Å². The van der Waals surface area contributed by atoms with E-state index in [0.717, 1.165) is 0 Å². The van der Waals surface area contributed by atoms with E-state index in [1.54, 1.807) is 6.92 Å². The molecule has 2 aromatic rings. The highest BCUT2D eigenvalue weighted by Gasteiger charge is 2.12. The van der Waals surface area contributed by atoms with E-state index >= 15 is 0 Å². The number of H-pyrrole nitrogens is 2. The first-order valence-corrected chi connectivity index (χ1v) is 3.85. The van der Waals surface area contributed by atoms with E-state index in [0.29, 0.717) is 5.82 Å². The number of aromatic nitrogens is 3. The first kappa shape index (κ1) is 8.73. The molecule has 2 heterocycles. The van der Waals surface area contributed by atoms with Gasteiger partial charge in [-0.15, -0.1) is 5.23 Å². The summed E-state index contributed by atoms with van der Waals surface area (Å²) in [4.78, 5) is 20.4. The number of nitrogens with one attached hydrogen (secondary N) is 2. The van der Waals surface area contributed by atoms with Crippen molar-refractivity contribution in [2.24, 2.45) is 0 Å². The predicted octanol–water partition coefficient (Wildman–Crippen LogP) is 0.144. The second-order valence-corrected chi connectivity index (χ2v) is 2.84. The molecule has 4 N–H and O–H groups in total. The average molecular weight is 196 g/mol. The van der Waals surface area contributed by atoms with Crippen LogP contribution in [0.15, 0.2) is 11.0 Å². The Kier molecular flexibility index (Phi) is 1.76. The van der Waals surface area contributed by atoms with Crippen molar-refractivity contribution in [3.05, 3.63) is 22.4 Å². The van der Waals surface area contributed by atoms with Gasteiger partial charge in [-0.25, -0.2) is 4.98 Å². The third-order valence-electron chi connectivity index (χ3n) is 1.85.